The highest BCUT2D eigenvalue weighted by Gasteiger charge is 2.32. The summed E-state index contributed by atoms with van der Waals surface area (Å²) in [7, 11) is 0. The molecule has 0 fully saturated rings. The van der Waals surface area contributed by atoms with Crippen molar-refractivity contribution >= 4 is 0 Å². The molecule has 21 heavy (non-hydrogen) atoms. The van der Waals surface area contributed by atoms with Gasteiger partial charge in [-0.2, -0.15) is 0 Å². The Labute approximate surface area is 128 Å². The number of hydrogen-bond acceptors (Lipinski definition) is 3. The van der Waals surface area contributed by atoms with E-state index in [-0.39, 0.29) is 5.60 Å². The summed E-state index contributed by atoms with van der Waals surface area (Å²) in [5, 5.41) is 10.2. The van der Waals surface area contributed by atoms with Crippen LogP contribution in [-0.2, 0) is 0 Å². The first-order valence-electron chi connectivity index (χ1n) is 8.15. The van der Waals surface area contributed by atoms with Crippen LogP contribution in [0.3, 0.4) is 0 Å². The van der Waals surface area contributed by atoms with E-state index in [2.05, 4.69) is 6.92 Å². The minimum absolute atomic E-state index is 0.328. The van der Waals surface area contributed by atoms with Crippen LogP contribution in [0.1, 0.15) is 71.0 Å². The van der Waals surface area contributed by atoms with Crippen molar-refractivity contribution in [2.24, 2.45) is 0 Å². The predicted molar refractivity (Wildman–Crippen MR) is 85.0 cm³/mol. The Bertz CT molecular complexity index is 454. The van der Waals surface area contributed by atoms with Crippen LogP contribution in [0, 0.1) is 0 Å². The molecule has 1 aromatic rings. The molecule has 0 aromatic heterocycles. The second-order valence-electron chi connectivity index (χ2n) is 6.54. The van der Waals surface area contributed by atoms with Gasteiger partial charge in [-0.15, -0.1) is 0 Å². The fraction of sp³-hybridized carbons (Fsp3) is 0.667. The number of aliphatic hydroxyl groups is 1. The fourth-order valence-electron chi connectivity index (χ4n) is 2.78. The van der Waals surface area contributed by atoms with Crippen molar-refractivity contribution in [1.82, 2.24) is 0 Å². The molecule has 3 heteroatoms. The van der Waals surface area contributed by atoms with E-state index in [0.29, 0.717) is 6.42 Å². The van der Waals surface area contributed by atoms with Gasteiger partial charge in [0.25, 0.3) is 0 Å². The van der Waals surface area contributed by atoms with Gasteiger partial charge in [-0.25, -0.2) is 0 Å². The van der Waals surface area contributed by atoms with Crippen LogP contribution in [0.25, 0.3) is 0 Å². The minimum Gasteiger partial charge on any atom is -0.493 e. The minimum atomic E-state index is -0.452. The van der Waals surface area contributed by atoms with E-state index < -0.39 is 6.10 Å². The summed E-state index contributed by atoms with van der Waals surface area (Å²) in [6.07, 6.45) is 6.34. The van der Waals surface area contributed by atoms with Crippen LogP contribution < -0.4 is 9.47 Å². The van der Waals surface area contributed by atoms with Crippen LogP contribution in [0.15, 0.2) is 18.2 Å². The van der Waals surface area contributed by atoms with Crippen LogP contribution in [-0.4, -0.2) is 17.3 Å². The van der Waals surface area contributed by atoms with Crippen molar-refractivity contribution in [1.29, 1.82) is 0 Å². The molecule has 2 rings (SSSR count). The SMILES string of the molecule is CCCCCCCOc1ccc2c(c1)OC(C)(C)CC2O. The fourth-order valence-corrected chi connectivity index (χ4v) is 2.78. The van der Waals surface area contributed by atoms with Gasteiger partial charge in [0.1, 0.15) is 17.1 Å². The number of fused-ring (bicyclic) bond motifs is 1. The van der Waals surface area contributed by atoms with Gasteiger partial charge in [-0.05, 0) is 32.4 Å². The first-order chi connectivity index (χ1) is 10.0. The molecule has 1 unspecified atom stereocenters. The molecular weight excluding hydrogens is 264 g/mol. The van der Waals surface area contributed by atoms with E-state index >= 15 is 0 Å². The van der Waals surface area contributed by atoms with E-state index in [0.717, 1.165) is 30.1 Å². The molecular formula is C18H28O3. The van der Waals surface area contributed by atoms with Crippen molar-refractivity contribution in [2.45, 2.75) is 71.0 Å². The van der Waals surface area contributed by atoms with Crippen molar-refractivity contribution in [3.63, 3.8) is 0 Å². The second kappa shape index (κ2) is 7.17. The lowest BCUT2D eigenvalue weighted by Gasteiger charge is -2.35. The molecule has 1 aliphatic heterocycles. The molecule has 1 N–H and O–H groups in total. The molecule has 0 radical (unpaired) electrons. The standard InChI is InChI=1S/C18H28O3/c1-4-5-6-7-8-11-20-14-9-10-15-16(19)13-18(2,3)21-17(15)12-14/h9-10,12,16,19H,4-8,11,13H2,1-3H3. The third kappa shape index (κ3) is 4.63. The Morgan fingerprint density at radius 3 is 2.76 bits per heavy atom. The quantitative estimate of drug-likeness (QED) is 0.745. The number of ether oxygens (including phenoxy) is 2. The van der Waals surface area contributed by atoms with Crippen molar-refractivity contribution < 1.29 is 14.6 Å². The van der Waals surface area contributed by atoms with Crippen LogP contribution in [0.5, 0.6) is 11.5 Å². The number of rotatable bonds is 7. The van der Waals surface area contributed by atoms with Crippen LogP contribution in [0.4, 0.5) is 0 Å². The van der Waals surface area contributed by atoms with Gasteiger partial charge in [0, 0.05) is 18.1 Å². The maximum atomic E-state index is 10.2. The summed E-state index contributed by atoms with van der Waals surface area (Å²) in [6.45, 7) is 6.97. The normalized spacial score (nSPS) is 19.7. The van der Waals surface area contributed by atoms with Gasteiger partial charge in [0.05, 0.1) is 12.7 Å². The number of hydrogen-bond donors (Lipinski definition) is 1. The molecule has 1 heterocycles. The molecule has 0 aliphatic carbocycles. The van der Waals surface area contributed by atoms with Crippen LogP contribution in [0.2, 0.25) is 0 Å². The zero-order valence-electron chi connectivity index (χ0n) is 13.5. The van der Waals surface area contributed by atoms with Gasteiger partial charge in [-0.3, -0.25) is 0 Å². The van der Waals surface area contributed by atoms with E-state index in [1.54, 1.807) is 0 Å². The van der Waals surface area contributed by atoms with Crippen molar-refractivity contribution in [3.05, 3.63) is 23.8 Å². The zero-order valence-corrected chi connectivity index (χ0v) is 13.5. The Morgan fingerprint density at radius 2 is 2.00 bits per heavy atom. The van der Waals surface area contributed by atoms with E-state index in [1.807, 2.05) is 32.0 Å². The molecule has 0 amide bonds. The summed E-state index contributed by atoms with van der Waals surface area (Å²) in [5.41, 5.74) is 0.537. The predicted octanol–water partition coefficient (Wildman–Crippen LogP) is 4.63. The molecule has 0 saturated heterocycles. The van der Waals surface area contributed by atoms with Gasteiger partial charge >= 0.3 is 0 Å². The van der Waals surface area contributed by atoms with Gasteiger partial charge < -0.3 is 14.6 Å². The summed E-state index contributed by atoms with van der Waals surface area (Å²) < 4.78 is 11.7. The Hall–Kier alpha value is -1.22. The first kappa shape index (κ1) is 16.2. The lowest BCUT2D eigenvalue weighted by atomic mass is 9.92. The highest BCUT2D eigenvalue weighted by Crippen LogP contribution is 2.41. The highest BCUT2D eigenvalue weighted by molar-refractivity contribution is 5.43. The average molecular weight is 292 g/mol. The Morgan fingerprint density at radius 1 is 1.24 bits per heavy atom. The third-order valence-corrected chi connectivity index (χ3v) is 3.93. The maximum absolute atomic E-state index is 10.2. The lowest BCUT2D eigenvalue weighted by Crippen LogP contribution is -2.34. The topological polar surface area (TPSA) is 38.7 Å². The molecule has 0 saturated carbocycles. The number of unbranched alkanes of at least 4 members (excludes halogenated alkanes) is 4. The summed E-state index contributed by atoms with van der Waals surface area (Å²) >= 11 is 0. The molecule has 1 aromatic carbocycles. The van der Waals surface area contributed by atoms with Crippen LogP contribution >= 0.6 is 0 Å². The molecule has 0 spiro atoms. The van der Waals surface area contributed by atoms with E-state index in [9.17, 15) is 5.11 Å². The highest BCUT2D eigenvalue weighted by atomic mass is 16.5. The summed E-state index contributed by atoms with van der Waals surface area (Å²) in [4.78, 5) is 0. The second-order valence-corrected chi connectivity index (χ2v) is 6.54. The smallest absolute Gasteiger partial charge is 0.129 e. The lowest BCUT2D eigenvalue weighted by molar-refractivity contribution is 0.0113. The zero-order chi connectivity index (χ0) is 15.3. The molecule has 3 nitrogen and oxygen atoms in total. The van der Waals surface area contributed by atoms with E-state index in [1.165, 1.54) is 25.7 Å². The molecule has 1 aliphatic rings. The largest absolute Gasteiger partial charge is 0.493 e. The Kier molecular flexibility index (Phi) is 5.51. The third-order valence-electron chi connectivity index (χ3n) is 3.93. The van der Waals surface area contributed by atoms with Gasteiger partial charge in [0.2, 0.25) is 0 Å². The molecule has 1 atom stereocenters. The number of benzene rings is 1. The number of aliphatic hydroxyl groups excluding tert-OH is 1. The molecule has 0 bridgehead atoms. The summed E-state index contributed by atoms with van der Waals surface area (Å²) in [6, 6.07) is 5.75. The first-order valence-corrected chi connectivity index (χ1v) is 8.15. The van der Waals surface area contributed by atoms with Crippen molar-refractivity contribution in [2.75, 3.05) is 6.61 Å². The van der Waals surface area contributed by atoms with E-state index in [4.69, 9.17) is 9.47 Å². The molecule has 118 valence electrons. The summed E-state index contributed by atoms with van der Waals surface area (Å²) in [5.74, 6) is 1.58. The monoisotopic (exact) mass is 292 g/mol. The van der Waals surface area contributed by atoms with Gasteiger partial charge in [-0.1, -0.05) is 32.6 Å². The Balaban J connectivity index is 1.89. The average Bonchev–Trinajstić information content (AvgIpc) is 2.41. The van der Waals surface area contributed by atoms with Crippen molar-refractivity contribution in [3.8, 4) is 11.5 Å². The van der Waals surface area contributed by atoms with Gasteiger partial charge in [0.15, 0.2) is 0 Å². The maximum Gasteiger partial charge on any atom is 0.129 e.